The summed E-state index contributed by atoms with van der Waals surface area (Å²) in [5, 5.41) is 15.2. The van der Waals surface area contributed by atoms with Gasteiger partial charge in [-0.3, -0.25) is 14.5 Å². The van der Waals surface area contributed by atoms with Gasteiger partial charge in [0.15, 0.2) is 0 Å². The number of methoxy groups -OCH3 is 1. The van der Waals surface area contributed by atoms with Crippen molar-refractivity contribution in [2.75, 3.05) is 20.2 Å². The van der Waals surface area contributed by atoms with Gasteiger partial charge in [-0.2, -0.15) is 0 Å². The van der Waals surface area contributed by atoms with Gasteiger partial charge in [0.05, 0.1) is 12.7 Å². The van der Waals surface area contributed by atoms with E-state index in [9.17, 15) is 14.7 Å². The number of hydrogen-bond donors (Lipinski definition) is 2. The van der Waals surface area contributed by atoms with E-state index in [1.807, 2.05) is 24.3 Å². The quantitative estimate of drug-likeness (QED) is 0.713. The Labute approximate surface area is 183 Å². The molecule has 2 fully saturated rings. The number of benzene rings is 2. The zero-order chi connectivity index (χ0) is 21.8. The van der Waals surface area contributed by atoms with Gasteiger partial charge in [-0.1, -0.05) is 49.6 Å². The second-order valence-corrected chi connectivity index (χ2v) is 8.92. The summed E-state index contributed by atoms with van der Waals surface area (Å²) in [7, 11) is 1.43. The maximum Gasteiger partial charge on any atom is 0.323 e. The molecule has 0 spiro atoms. The van der Waals surface area contributed by atoms with Crippen LogP contribution in [0.15, 0.2) is 36.4 Å². The summed E-state index contributed by atoms with van der Waals surface area (Å²) in [5.74, 6) is 0.0948. The lowest BCUT2D eigenvalue weighted by atomic mass is 9.87. The number of nitrogens with zero attached hydrogens (tertiary/aromatic N) is 1. The molecule has 0 radical (unpaired) electrons. The molecule has 1 heterocycles. The third-order valence-electron chi connectivity index (χ3n) is 6.88. The number of rotatable bonds is 5. The summed E-state index contributed by atoms with van der Waals surface area (Å²) in [6, 6.07) is 10.5. The van der Waals surface area contributed by atoms with E-state index in [1.54, 1.807) is 12.1 Å². The SMILES string of the molecule is COC(=O)C1C[C@H](NC(=O)c2ccc3ccccc3c2O)CCN1CC1CCCCC1. The van der Waals surface area contributed by atoms with Gasteiger partial charge in [-0.25, -0.2) is 0 Å². The third-order valence-corrected chi connectivity index (χ3v) is 6.88. The Kier molecular flexibility index (Phi) is 6.76. The Bertz CT molecular complexity index is 938. The molecule has 166 valence electrons. The minimum atomic E-state index is -0.337. The molecule has 1 saturated carbocycles. The lowest BCUT2D eigenvalue weighted by Gasteiger charge is -2.40. The molecule has 2 aromatic rings. The first-order valence-corrected chi connectivity index (χ1v) is 11.4. The van der Waals surface area contributed by atoms with Crippen LogP contribution in [0.5, 0.6) is 5.75 Å². The molecule has 6 heteroatoms. The Balaban J connectivity index is 1.44. The van der Waals surface area contributed by atoms with Crippen molar-refractivity contribution in [3.63, 3.8) is 0 Å². The Morgan fingerprint density at radius 1 is 1.10 bits per heavy atom. The molecule has 1 saturated heterocycles. The van der Waals surface area contributed by atoms with Gasteiger partial charge in [0, 0.05) is 24.5 Å². The van der Waals surface area contributed by atoms with E-state index in [2.05, 4.69) is 10.2 Å². The third kappa shape index (κ3) is 4.85. The van der Waals surface area contributed by atoms with Crippen LogP contribution >= 0.6 is 0 Å². The second-order valence-electron chi connectivity index (χ2n) is 8.92. The van der Waals surface area contributed by atoms with Crippen molar-refractivity contribution in [3.8, 4) is 5.75 Å². The molecule has 1 unspecified atom stereocenters. The predicted molar refractivity (Wildman–Crippen MR) is 120 cm³/mol. The van der Waals surface area contributed by atoms with Gasteiger partial charge in [-0.15, -0.1) is 0 Å². The zero-order valence-corrected chi connectivity index (χ0v) is 18.2. The molecule has 2 aliphatic rings. The van der Waals surface area contributed by atoms with Crippen LogP contribution in [-0.4, -0.2) is 54.2 Å². The topological polar surface area (TPSA) is 78.9 Å². The van der Waals surface area contributed by atoms with Crippen LogP contribution in [0.4, 0.5) is 0 Å². The molecule has 2 atom stereocenters. The monoisotopic (exact) mass is 424 g/mol. The number of esters is 1. The Morgan fingerprint density at radius 3 is 2.65 bits per heavy atom. The average molecular weight is 425 g/mol. The van der Waals surface area contributed by atoms with E-state index in [-0.39, 0.29) is 35.3 Å². The molecule has 0 aromatic heterocycles. The minimum Gasteiger partial charge on any atom is -0.506 e. The van der Waals surface area contributed by atoms with Crippen molar-refractivity contribution in [3.05, 3.63) is 42.0 Å². The molecular formula is C25H32N2O4. The van der Waals surface area contributed by atoms with Crippen molar-refractivity contribution in [1.82, 2.24) is 10.2 Å². The first-order chi connectivity index (χ1) is 15.1. The highest BCUT2D eigenvalue weighted by Crippen LogP contribution is 2.30. The number of amides is 1. The molecule has 2 N–H and O–H groups in total. The van der Waals surface area contributed by atoms with E-state index in [0.29, 0.717) is 17.7 Å². The Morgan fingerprint density at radius 2 is 1.87 bits per heavy atom. The minimum absolute atomic E-state index is 0.00477. The van der Waals surface area contributed by atoms with E-state index >= 15 is 0 Å². The summed E-state index contributed by atoms with van der Waals surface area (Å²) in [6.07, 6.45) is 7.62. The standard InChI is InChI=1S/C25H32N2O4/c1-31-25(30)22-15-19(13-14-27(22)16-17-7-3-2-4-8-17)26-24(29)21-12-11-18-9-5-6-10-20(18)23(21)28/h5-6,9-12,17,19,22,28H,2-4,7-8,13-16H2,1H3,(H,26,29)/t19-,22?/m1/s1. The number of ether oxygens (including phenoxy) is 1. The summed E-state index contributed by atoms with van der Waals surface area (Å²) in [5.41, 5.74) is 0.262. The zero-order valence-electron chi connectivity index (χ0n) is 18.2. The van der Waals surface area contributed by atoms with E-state index in [0.717, 1.165) is 24.9 Å². The highest BCUT2D eigenvalue weighted by Gasteiger charge is 2.36. The molecule has 2 aromatic carbocycles. The second kappa shape index (κ2) is 9.69. The van der Waals surface area contributed by atoms with Crippen LogP contribution in [0.25, 0.3) is 10.8 Å². The number of phenolic OH excluding ortho intramolecular Hbond substituents is 1. The first kappa shape index (κ1) is 21.6. The molecule has 4 rings (SSSR count). The number of phenols is 1. The summed E-state index contributed by atoms with van der Waals surface area (Å²) in [6.45, 7) is 1.68. The van der Waals surface area contributed by atoms with Gasteiger partial charge in [0.1, 0.15) is 11.8 Å². The fourth-order valence-electron chi connectivity index (χ4n) is 5.15. The highest BCUT2D eigenvalue weighted by atomic mass is 16.5. The predicted octanol–water partition coefficient (Wildman–Crippen LogP) is 3.86. The van der Waals surface area contributed by atoms with Gasteiger partial charge >= 0.3 is 5.97 Å². The highest BCUT2D eigenvalue weighted by molar-refractivity contribution is 6.03. The lowest BCUT2D eigenvalue weighted by molar-refractivity contribution is -0.149. The van der Waals surface area contributed by atoms with Crippen LogP contribution < -0.4 is 5.32 Å². The number of carbonyl (C=O) groups excluding carboxylic acids is 2. The lowest BCUT2D eigenvalue weighted by Crippen LogP contribution is -2.54. The normalized spacial score (nSPS) is 22.9. The van der Waals surface area contributed by atoms with Crippen molar-refractivity contribution in [2.45, 2.75) is 57.0 Å². The van der Waals surface area contributed by atoms with E-state index in [4.69, 9.17) is 4.74 Å². The number of piperidine rings is 1. The molecule has 0 bridgehead atoms. The maximum atomic E-state index is 12.9. The number of carbonyl (C=O) groups is 2. The molecule has 1 aliphatic heterocycles. The number of hydrogen-bond acceptors (Lipinski definition) is 5. The number of aromatic hydroxyl groups is 1. The fourth-order valence-corrected chi connectivity index (χ4v) is 5.15. The van der Waals surface area contributed by atoms with Crippen molar-refractivity contribution in [1.29, 1.82) is 0 Å². The van der Waals surface area contributed by atoms with E-state index < -0.39 is 0 Å². The number of likely N-dealkylation sites (tertiary alicyclic amines) is 1. The number of nitrogens with one attached hydrogen (secondary N) is 1. The summed E-state index contributed by atoms with van der Waals surface area (Å²) >= 11 is 0. The van der Waals surface area contributed by atoms with Crippen molar-refractivity contribution >= 4 is 22.6 Å². The molecule has 1 amide bonds. The summed E-state index contributed by atoms with van der Waals surface area (Å²) < 4.78 is 5.08. The van der Waals surface area contributed by atoms with Crippen molar-refractivity contribution in [2.24, 2.45) is 5.92 Å². The maximum absolute atomic E-state index is 12.9. The number of fused-ring (bicyclic) bond motifs is 1. The molecular weight excluding hydrogens is 392 g/mol. The molecule has 1 aliphatic carbocycles. The van der Waals surface area contributed by atoms with Crippen molar-refractivity contribution < 1.29 is 19.4 Å². The van der Waals surface area contributed by atoms with Gasteiger partial charge < -0.3 is 15.2 Å². The van der Waals surface area contributed by atoms with Gasteiger partial charge in [0.2, 0.25) is 0 Å². The van der Waals surface area contributed by atoms with Crippen LogP contribution in [0, 0.1) is 5.92 Å². The molecule has 31 heavy (non-hydrogen) atoms. The van der Waals surface area contributed by atoms with Crippen LogP contribution in [0.3, 0.4) is 0 Å². The summed E-state index contributed by atoms with van der Waals surface area (Å²) in [4.78, 5) is 27.7. The fraction of sp³-hybridized carbons (Fsp3) is 0.520. The first-order valence-electron chi connectivity index (χ1n) is 11.4. The smallest absolute Gasteiger partial charge is 0.323 e. The van der Waals surface area contributed by atoms with Crippen LogP contribution in [0.2, 0.25) is 0 Å². The van der Waals surface area contributed by atoms with Gasteiger partial charge in [-0.05, 0) is 43.1 Å². The largest absolute Gasteiger partial charge is 0.506 e. The van der Waals surface area contributed by atoms with Crippen LogP contribution in [-0.2, 0) is 9.53 Å². The van der Waals surface area contributed by atoms with Crippen LogP contribution in [0.1, 0.15) is 55.3 Å². The van der Waals surface area contributed by atoms with Gasteiger partial charge in [0.25, 0.3) is 5.91 Å². The average Bonchev–Trinajstić information content (AvgIpc) is 2.80. The molecule has 6 nitrogen and oxygen atoms in total. The Hall–Kier alpha value is -2.60. The van der Waals surface area contributed by atoms with E-state index in [1.165, 1.54) is 39.2 Å².